The summed E-state index contributed by atoms with van der Waals surface area (Å²) in [6.07, 6.45) is 0. The highest BCUT2D eigenvalue weighted by molar-refractivity contribution is 5.78. The number of benzene rings is 4. The molecule has 0 atom stereocenters. The van der Waals surface area contributed by atoms with Crippen molar-refractivity contribution >= 4 is 0 Å². The molecule has 0 aliphatic carbocycles. The number of phenols is 1. The van der Waals surface area contributed by atoms with Gasteiger partial charge in [-0.25, -0.2) is 0 Å². The SMILES string of the molecule is Cc1ccc(-c2ccc(O)cc2C#Cc2ccccc2)c(C#Cc2ccccc2)c1. The molecule has 0 amide bonds. The second-order valence-electron chi connectivity index (χ2n) is 7.01. The summed E-state index contributed by atoms with van der Waals surface area (Å²) in [4.78, 5) is 0. The largest absolute Gasteiger partial charge is 0.508 e. The van der Waals surface area contributed by atoms with Gasteiger partial charge < -0.3 is 5.11 Å². The summed E-state index contributed by atoms with van der Waals surface area (Å²) < 4.78 is 0. The Morgan fingerprint density at radius 3 is 1.60 bits per heavy atom. The average molecular weight is 384 g/mol. The monoisotopic (exact) mass is 384 g/mol. The van der Waals surface area contributed by atoms with Crippen molar-refractivity contribution in [2.45, 2.75) is 6.92 Å². The summed E-state index contributed by atoms with van der Waals surface area (Å²) in [5.74, 6) is 13.2. The summed E-state index contributed by atoms with van der Waals surface area (Å²) in [7, 11) is 0. The maximum Gasteiger partial charge on any atom is 0.116 e. The Labute approximate surface area is 177 Å². The van der Waals surface area contributed by atoms with Crippen LogP contribution in [0.15, 0.2) is 97.1 Å². The summed E-state index contributed by atoms with van der Waals surface area (Å²) in [5, 5.41) is 10.1. The molecular formula is C29H20O. The lowest BCUT2D eigenvalue weighted by Gasteiger charge is -2.09. The zero-order valence-corrected chi connectivity index (χ0v) is 16.7. The van der Waals surface area contributed by atoms with Crippen LogP contribution in [0.3, 0.4) is 0 Å². The second kappa shape index (κ2) is 8.87. The van der Waals surface area contributed by atoms with Crippen LogP contribution in [0, 0.1) is 30.6 Å². The molecule has 30 heavy (non-hydrogen) atoms. The van der Waals surface area contributed by atoms with E-state index >= 15 is 0 Å². The highest BCUT2D eigenvalue weighted by Gasteiger charge is 2.09. The number of hydrogen-bond donors (Lipinski definition) is 1. The summed E-state index contributed by atoms with van der Waals surface area (Å²) >= 11 is 0. The molecule has 0 heterocycles. The van der Waals surface area contributed by atoms with E-state index in [4.69, 9.17) is 0 Å². The van der Waals surface area contributed by atoms with E-state index in [-0.39, 0.29) is 5.75 Å². The maximum atomic E-state index is 10.1. The van der Waals surface area contributed by atoms with Gasteiger partial charge in [-0.3, -0.25) is 0 Å². The minimum Gasteiger partial charge on any atom is -0.508 e. The van der Waals surface area contributed by atoms with Crippen LogP contribution in [0.5, 0.6) is 5.75 Å². The molecule has 0 fully saturated rings. The van der Waals surface area contributed by atoms with E-state index in [9.17, 15) is 5.11 Å². The molecule has 0 saturated carbocycles. The molecule has 0 aromatic heterocycles. The molecule has 142 valence electrons. The Bertz CT molecular complexity index is 1190. The van der Waals surface area contributed by atoms with Crippen molar-refractivity contribution in [2.24, 2.45) is 0 Å². The normalized spacial score (nSPS) is 9.77. The fraction of sp³-hybridized carbons (Fsp3) is 0.0345. The molecule has 0 aliphatic rings. The van der Waals surface area contributed by atoms with Crippen LogP contribution in [0.4, 0.5) is 0 Å². The van der Waals surface area contributed by atoms with E-state index in [1.165, 1.54) is 0 Å². The van der Waals surface area contributed by atoms with E-state index in [0.29, 0.717) is 0 Å². The van der Waals surface area contributed by atoms with Crippen molar-refractivity contribution in [3.05, 3.63) is 125 Å². The molecule has 0 spiro atoms. The predicted molar refractivity (Wildman–Crippen MR) is 123 cm³/mol. The van der Waals surface area contributed by atoms with Crippen molar-refractivity contribution < 1.29 is 5.11 Å². The van der Waals surface area contributed by atoms with Gasteiger partial charge in [0.2, 0.25) is 0 Å². The van der Waals surface area contributed by atoms with Gasteiger partial charge in [-0.2, -0.15) is 0 Å². The van der Waals surface area contributed by atoms with Crippen molar-refractivity contribution in [2.75, 3.05) is 0 Å². The summed E-state index contributed by atoms with van der Waals surface area (Å²) in [6.45, 7) is 2.06. The highest BCUT2D eigenvalue weighted by atomic mass is 16.3. The number of rotatable bonds is 1. The van der Waals surface area contributed by atoms with Gasteiger partial charge in [0.15, 0.2) is 0 Å². The van der Waals surface area contributed by atoms with Crippen LogP contribution in [0.25, 0.3) is 11.1 Å². The Balaban J connectivity index is 1.82. The number of phenolic OH excluding ortho intramolecular Hbond substituents is 1. The van der Waals surface area contributed by atoms with Gasteiger partial charge in [-0.15, -0.1) is 0 Å². The van der Waals surface area contributed by atoms with Crippen LogP contribution >= 0.6 is 0 Å². The first kappa shape index (κ1) is 19.1. The Morgan fingerprint density at radius 1 is 0.533 bits per heavy atom. The summed E-state index contributed by atoms with van der Waals surface area (Å²) in [5.41, 5.74) is 6.71. The van der Waals surface area contributed by atoms with E-state index < -0.39 is 0 Å². The molecule has 0 aliphatic heterocycles. The molecule has 4 rings (SSSR count). The minimum absolute atomic E-state index is 0.195. The third-order valence-corrected chi connectivity index (χ3v) is 4.70. The quantitative estimate of drug-likeness (QED) is 0.389. The molecule has 1 heteroatoms. The van der Waals surface area contributed by atoms with Gasteiger partial charge in [-0.1, -0.05) is 72.2 Å². The predicted octanol–water partition coefficient (Wildman–Crippen LogP) is 6.17. The van der Waals surface area contributed by atoms with Crippen LogP contribution in [0.1, 0.15) is 27.8 Å². The third-order valence-electron chi connectivity index (χ3n) is 4.70. The molecule has 0 bridgehead atoms. The van der Waals surface area contributed by atoms with E-state index in [2.05, 4.69) is 48.8 Å². The molecule has 1 N–H and O–H groups in total. The first-order valence-electron chi connectivity index (χ1n) is 9.77. The summed E-state index contributed by atoms with van der Waals surface area (Å²) in [6, 6.07) is 31.3. The van der Waals surface area contributed by atoms with Crippen LogP contribution in [-0.2, 0) is 0 Å². The molecule has 0 unspecified atom stereocenters. The second-order valence-corrected chi connectivity index (χ2v) is 7.01. The number of aryl methyl sites for hydroxylation is 1. The molecule has 4 aromatic carbocycles. The third kappa shape index (κ3) is 4.61. The zero-order chi connectivity index (χ0) is 20.8. The lowest BCUT2D eigenvalue weighted by molar-refractivity contribution is 0.475. The zero-order valence-electron chi connectivity index (χ0n) is 16.7. The first-order chi connectivity index (χ1) is 14.7. The van der Waals surface area contributed by atoms with Gasteiger partial charge in [0.1, 0.15) is 5.75 Å². The molecular weight excluding hydrogens is 364 g/mol. The van der Waals surface area contributed by atoms with Gasteiger partial charge in [0.25, 0.3) is 0 Å². The molecule has 0 saturated heterocycles. The molecule has 0 radical (unpaired) electrons. The standard InChI is InChI=1S/C29H20O/c1-22-12-18-28(25(20-22)15-13-23-8-4-2-5-9-23)29-19-17-27(30)21-26(29)16-14-24-10-6-3-7-11-24/h2-12,17-21,30H,1H3. The topological polar surface area (TPSA) is 20.2 Å². The minimum atomic E-state index is 0.195. The van der Waals surface area contributed by atoms with Gasteiger partial charge in [0.05, 0.1) is 0 Å². The Morgan fingerprint density at radius 2 is 1.03 bits per heavy atom. The van der Waals surface area contributed by atoms with E-state index in [0.717, 1.165) is 38.9 Å². The number of aromatic hydroxyl groups is 1. The van der Waals surface area contributed by atoms with Crippen molar-refractivity contribution in [1.82, 2.24) is 0 Å². The Kier molecular flexibility index (Phi) is 5.66. The van der Waals surface area contributed by atoms with Crippen molar-refractivity contribution in [1.29, 1.82) is 0 Å². The fourth-order valence-corrected chi connectivity index (χ4v) is 3.19. The van der Waals surface area contributed by atoms with Gasteiger partial charge in [0, 0.05) is 22.3 Å². The van der Waals surface area contributed by atoms with Gasteiger partial charge >= 0.3 is 0 Å². The van der Waals surface area contributed by atoms with Crippen LogP contribution < -0.4 is 0 Å². The van der Waals surface area contributed by atoms with Crippen LogP contribution in [-0.4, -0.2) is 5.11 Å². The first-order valence-corrected chi connectivity index (χ1v) is 9.77. The molecule has 4 aromatic rings. The smallest absolute Gasteiger partial charge is 0.116 e. The molecule has 1 nitrogen and oxygen atoms in total. The van der Waals surface area contributed by atoms with Crippen LogP contribution in [0.2, 0.25) is 0 Å². The maximum absolute atomic E-state index is 10.1. The van der Waals surface area contributed by atoms with E-state index in [1.54, 1.807) is 12.1 Å². The van der Waals surface area contributed by atoms with Crippen molar-refractivity contribution in [3.63, 3.8) is 0 Å². The number of hydrogen-bond acceptors (Lipinski definition) is 1. The van der Waals surface area contributed by atoms with E-state index in [1.807, 2.05) is 66.7 Å². The van der Waals surface area contributed by atoms with Gasteiger partial charge in [-0.05, 0) is 72.1 Å². The lowest BCUT2D eigenvalue weighted by atomic mass is 9.94. The average Bonchev–Trinajstić information content (AvgIpc) is 2.78. The highest BCUT2D eigenvalue weighted by Crippen LogP contribution is 2.30. The fourth-order valence-electron chi connectivity index (χ4n) is 3.19. The van der Waals surface area contributed by atoms with Crippen molar-refractivity contribution in [3.8, 4) is 40.6 Å². The Hall–Kier alpha value is -4.20. The lowest BCUT2D eigenvalue weighted by Crippen LogP contribution is -1.90.